The van der Waals surface area contributed by atoms with Gasteiger partial charge in [-0.25, -0.2) is 9.37 Å². The Balaban J connectivity index is 1.43. The van der Waals surface area contributed by atoms with E-state index in [4.69, 9.17) is 4.74 Å². The minimum Gasteiger partial charge on any atom is -0.505 e. The number of aliphatic hydroxyl groups is 1. The molecule has 2 aromatic carbocycles. The van der Waals surface area contributed by atoms with Crippen LogP contribution >= 0.6 is 23.1 Å². The van der Waals surface area contributed by atoms with Crippen molar-refractivity contribution in [1.82, 2.24) is 19.6 Å². The van der Waals surface area contributed by atoms with Gasteiger partial charge in [-0.15, -0.1) is 10.2 Å². The number of aryl methyl sites for hydroxylation is 1. The molecule has 0 bridgehead atoms. The summed E-state index contributed by atoms with van der Waals surface area (Å²) in [7, 11) is 1.54. The van der Waals surface area contributed by atoms with Crippen LogP contribution in [0.5, 0.6) is 5.75 Å². The molecule has 1 fully saturated rings. The van der Waals surface area contributed by atoms with Crippen LogP contribution in [0.1, 0.15) is 28.6 Å². The van der Waals surface area contributed by atoms with Crippen LogP contribution in [-0.2, 0) is 15.3 Å². The summed E-state index contributed by atoms with van der Waals surface area (Å²) in [6, 6.07) is 17.5. The number of carbonyl (C=O) groups excluding carboxylic acids is 2. The average Bonchev–Trinajstić information content (AvgIpc) is 3.66. The molecule has 4 heterocycles. The molecule has 1 atom stereocenters. The number of pyridine rings is 1. The number of carbonyl (C=O) groups is 2. The summed E-state index contributed by atoms with van der Waals surface area (Å²) in [6.45, 7) is 1.73. The van der Waals surface area contributed by atoms with E-state index in [9.17, 15) is 19.1 Å². The number of rotatable bonds is 7. The van der Waals surface area contributed by atoms with Gasteiger partial charge in [0.1, 0.15) is 22.9 Å². The fraction of sp³-hybridized carbons (Fsp3) is 0.138. The van der Waals surface area contributed by atoms with Crippen LogP contribution in [0.4, 0.5) is 9.52 Å². The fourth-order valence-corrected chi connectivity index (χ4v) is 6.57. The number of ketones is 1. The van der Waals surface area contributed by atoms with E-state index in [1.165, 1.54) is 28.8 Å². The lowest BCUT2D eigenvalue weighted by molar-refractivity contribution is -0.132. The van der Waals surface area contributed by atoms with Crippen LogP contribution in [-0.4, -0.2) is 43.5 Å². The van der Waals surface area contributed by atoms with E-state index in [2.05, 4.69) is 15.2 Å². The molecule has 206 valence electrons. The Labute approximate surface area is 241 Å². The lowest BCUT2D eigenvalue weighted by atomic mass is 9.96. The second kappa shape index (κ2) is 10.8. The predicted octanol–water partition coefficient (Wildman–Crippen LogP) is 5.56. The van der Waals surface area contributed by atoms with Gasteiger partial charge in [0.25, 0.3) is 5.78 Å². The number of Topliss-reactive ketones (excluding diaryl/α,β-unsaturated/α-hetero) is 1. The highest BCUT2D eigenvalue weighted by atomic mass is 32.2. The maximum atomic E-state index is 13.6. The monoisotopic (exact) mass is 587 g/mol. The van der Waals surface area contributed by atoms with Crippen molar-refractivity contribution in [2.75, 3.05) is 12.0 Å². The minimum absolute atomic E-state index is 0.0790. The number of benzene rings is 2. The molecule has 1 aliphatic heterocycles. The van der Waals surface area contributed by atoms with Crippen molar-refractivity contribution in [3.63, 3.8) is 0 Å². The van der Waals surface area contributed by atoms with E-state index in [1.54, 1.807) is 73.2 Å². The van der Waals surface area contributed by atoms with Crippen LogP contribution in [0.25, 0.3) is 11.4 Å². The second-order valence-corrected chi connectivity index (χ2v) is 11.4. The standard InChI is InChI=1S/C29H22FN5O4S2/c1-16-23(34-14-4-3-5-21(34)31-16)25(36)22-24(18-8-12-20(39-2)13-9-18)35(27(38)26(22)37)28-32-33-29(41-28)40-15-17-6-10-19(30)11-7-17/h3-14,24,36H,15H2,1-2H3/b25-22+. The zero-order chi connectivity index (χ0) is 28.7. The zero-order valence-electron chi connectivity index (χ0n) is 21.8. The lowest BCUT2D eigenvalue weighted by Gasteiger charge is -2.22. The number of hydrogen-bond acceptors (Lipinski definition) is 9. The summed E-state index contributed by atoms with van der Waals surface area (Å²) in [5.41, 5.74) is 2.82. The van der Waals surface area contributed by atoms with E-state index in [1.807, 2.05) is 6.07 Å². The van der Waals surface area contributed by atoms with Gasteiger partial charge in [0.2, 0.25) is 5.13 Å². The number of methoxy groups -OCH3 is 1. The van der Waals surface area contributed by atoms with Crippen LogP contribution in [0.3, 0.4) is 0 Å². The third kappa shape index (κ3) is 4.85. The maximum absolute atomic E-state index is 13.6. The summed E-state index contributed by atoms with van der Waals surface area (Å²) >= 11 is 2.54. The molecule has 1 unspecified atom stereocenters. The van der Waals surface area contributed by atoms with Crippen LogP contribution < -0.4 is 9.64 Å². The van der Waals surface area contributed by atoms with E-state index in [-0.39, 0.29) is 22.3 Å². The Hall–Kier alpha value is -4.55. The summed E-state index contributed by atoms with van der Waals surface area (Å²) in [5.74, 6) is -1.21. The Morgan fingerprint density at radius 2 is 1.83 bits per heavy atom. The van der Waals surface area contributed by atoms with Crippen LogP contribution in [0.2, 0.25) is 0 Å². The third-order valence-electron chi connectivity index (χ3n) is 6.68. The van der Waals surface area contributed by atoms with Gasteiger partial charge >= 0.3 is 5.91 Å². The van der Waals surface area contributed by atoms with Crippen molar-refractivity contribution in [2.45, 2.75) is 23.1 Å². The van der Waals surface area contributed by atoms with Gasteiger partial charge in [-0.3, -0.25) is 18.9 Å². The molecule has 12 heteroatoms. The largest absolute Gasteiger partial charge is 0.505 e. The van der Waals surface area contributed by atoms with E-state index in [0.29, 0.717) is 38.4 Å². The summed E-state index contributed by atoms with van der Waals surface area (Å²) < 4.78 is 20.8. The molecule has 3 aromatic heterocycles. The van der Waals surface area contributed by atoms with E-state index >= 15 is 0 Å². The number of nitrogens with zero attached hydrogens (tertiary/aromatic N) is 5. The zero-order valence-corrected chi connectivity index (χ0v) is 23.4. The number of anilines is 1. The van der Waals surface area contributed by atoms with Gasteiger partial charge in [-0.2, -0.15) is 0 Å². The first kappa shape index (κ1) is 26.7. The normalized spacial score (nSPS) is 16.6. The molecule has 1 aliphatic rings. The van der Waals surface area contributed by atoms with Gasteiger partial charge in [-0.1, -0.05) is 53.4 Å². The predicted molar refractivity (Wildman–Crippen MR) is 154 cm³/mol. The van der Waals surface area contributed by atoms with Crippen molar-refractivity contribution in [3.8, 4) is 5.75 Å². The number of aliphatic hydroxyl groups excluding tert-OH is 1. The summed E-state index contributed by atoms with van der Waals surface area (Å²) in [6.07, 6.45) is 1.73. The van der Waals surface area contributed by atoms with Gasteiger partial charge < -0.3 is 9.84 Å². The van der Waals surface area contributed by atoms with Crippen molar-refractivity contribution >= 4 is 51.3 Å². The molecule has 1 N–H and O–H groups in total. The molecule has 0 radical (unpaired) electrons. The highest BCUT2D eigenvalue weighted by molar-refractivity contribution is 8.00. The van der Waals surface area contributed by atoms with Gasteiger partial charge in [0.15, 0.2) is 10.1 Å². The molecule has 0 saturated carbocycles. The first-order chi connectivity index (χ1) is 19.9. The molecule has 41 heavy (non-hydrogen) atoms. The van der Waals surface area contributed by atoms with Gasteiger partial charge in [-0.05, 0) is 54.4 Å². The number of imidazole rings is 1. The quantitative estimate of drug-likeness (QED) is 0.0867. The number of amides is 1. The highest BCUT2D eigenvalue weighted by Gasteiger charge is 2.48. The number of thioether (sulfide) groups is 1. The second-order valence-electron chi connectivity index (χ2n) is 9.18. The molecule has 6 rings (SSSR count). The number of ether oxygens (including phenoxy) is 1. The topological polar surface area (TPSA) is 110 Å². The molecule has 0 aliphatic carbocycles. The summed E-state index contributed by atoms with van der Waals surface area (Å²) in [5, 5.41) is 20.3. The Bertz CT molecular complexity index is 1820. The highest BCUT2D eigenvalue weighted by Crippen LogP contribution is 2.44. The smallest absolute Gasteiger partial charge is 0.301 e. The van der Waals surface area contributed by atoms with Crippen LogP contribution in [0, 0.1) is 12.7 Å². The first-order valence-corrected chi connectivity index (χ1v) is 14.3. The van der Waals surface area contributed by atoms with E-state index < -0.39 is 17.7 Å². The Morgan fingerprint density at radius 3 is 2.56 bits per heavy atom. The number of halogens is 1. The Kier molecular flexibility index (Phi) is 7.01. The number of hydrogen-bond donors (Lipinski definition) is 1. The Morgan fingerprint density at radius 1 is 1.07 bits per heavy atom. The fourth-order valence-electron chi connectivity index (χ4n) is 4.74. The van der Waals surface area contributed by atoms with Crippen LogP contribution in [0.15, 0.2) is 82.8 Å². The first-order valence-electron chi connectivity index (χ1n) is 12.5. The molecular formula is C29H22FN5O4S2. The number of aromatic nitrogens is 4. The van der Waals surface area contributed by atoms with Crippen molar-refractivity contribution in [2.24, 2.45) is 0 Å². The molecule has 9 nitrogen and oxygen atoms in total. The van der Waals surface area contributed by atoms with Gasteiger partial charge in [0.05, 0.1) is 24.4 Å². The third-order valence-corrected chi connectivity index (χ3v) is 8.81. The number of fused-ring (bicyclic) bond motifs is 1. The SMILES string of the molecule is COc1ccc(C2/C(=C(\O)c3c(C)nc4ccccn34)C(=O)C(=O)N2c2nnc(SCc3ccc(F)cc3)s2)cc1. The average molecular weight is 588 g/mol. The minimum atomic E-state index is -0.975. The maximum Gasteiger partial charge on any atom is 0.301 e. The van der Waals surface area contributed by atoms with E-state index in [0.717, 1.165) is 16.9 Å². The van der Waals surface area contributed by atoms with Gasteiger partial charge in [0, 0.05) is 11.9 Å². The molecule has 0 spiro atoms. The molecule has 1 amide bonds. The van der Waals surface area contributed by atoms with Crippen molar-refractivity contribution in [3.05, 3.63) is 107 Å². The molecule has 5 aromatic rings. The molecular weight excluding hydrogens is 565 g/mol. The summed E-state index contributed by atoms with van der Waals surface area (Å²) in [4.78, 5) is 32.9. The molecule has 1 saturated heterocycles. The lowest BCUT2D eigenvalue weighted by Crippen LogP contribution is -2.29. The van der Waals surface area contributed by atoms with Crippen molar-refractivity contribution < 1.29 is 23.8 Å². The van der Waals surface area contributed by atoms with Crippen molar-refractivity contribution in [1.29, 1.82) is 0 Å².